The second-order valence-electron chi connectivity index (χ2n) is 9.21. The molecule has 5 heterocycles. The second kappa shape index (κ2) is 11.5. The van der Waals surface area contributed by atoms with Gasteiger partial charge in [0.2, 0.25) is 0 Å². The molecule has 1 atom stereocenters. The van der Waals surface area contributed by atoms with Gasteiger partial charge in [0, 0.05) is 36.6 Å². The number of amidine groups is 1. The molecule has 0 saturated carbocycles. The summed E-state index contributed by atoms with van der Waals surface area (Å²) >= 11 is 2.15. The van der Waals surface area contributed by atoms with E-state index in [2.05, 4.69) is 29.6 Å². The molecule has 5 aromatic rings. The quantitative estimate of drug-likeness (QED) is 0.113. The first kappa shape index (κ1) is 27.9. The number of nitrogens with zero attached hydrogens (tertiary/aromatic N) is 6. The summed E-state index contributed by atoms with van der Waals surface area (Å²) in [5.41, 5.74) is 8.59. The van der Waals surface area contributed by atoms with Gasteiger partial charge in [-0.2, -0.15) is 0 Å². The number of methoxy groups -OCH3 is 1. The van der Waals surface area contributed by atoms with Crippen molar-refractivity contribution in [2.75, 3.05) is 38.0 Å². The fourth-order valence-electron chi connectivity index (χ4n) is 4.11. The number of aromatic amines is 1. The van der Waals surface area contributed by atoms with Gasteiger partial charge >= 0.3 is 0 Å². The Kier molecular flexibility index (Phi) is 7.83. The molecule has 0 amide bonds. The number of carbonyl (C=O) groups excluding carboxylic acids is 1. The van der Waals surface area contributed by atoms with Gasteiger partial charge in [-0.1, -0.05) is 11.3 Å². The van der Waals surface area contributed by atoms with E-state index < -0.39 is 11.6 Å². The monoisotopic (exact) mass is 593 g/mol. The summed E-state index contributed by atoms with van der Waals surface area (Å²) in [6.07, 6.45) is 9.90. The number of aliphatic hydroxyl groups excluding tert-OH is 1. The van der Waals surface area contributed by atoms with Crippen LogP contribution in [0.15, 0.2) is 46.9 Å². The Balaban J connectivity index is 1.53. The second-order valence-corrected chi connectivity index (χ2v) is 11.1. The standard InChI is InChI=1S/C26H27N9O4S2/c1-13(12-36)31-21(27)20-23(37)33-41-24(20)32-26-30-10-18(40-26)25(38)35-11-14(5-6-39-4)19-16-7-15(34(2)3)8-28-22(16)29-9-17(19)35/h5-11,13,36H,12H2,1-4H3,(H2,27,31)(H,30,32)(H,33,37)/b6-5+. The van der Waals surface area contributed by atoms with Crippen LogP contribution in [0.4, 0.5) is 15.8 Å². The minimum atomic E-state index is -0.469. The predicted molar refractivity (Wildman–Crippen MR) is 163 cm³/mol. The molecule has 5 aromatic heterocycles. The van der Waals surface area contributed by atoms with E-state index in [1.807, 2.05) is 25.1 Å². The van der Waals surface area contributed by atoms with Crippen LogP contribution >= 0.6 is 22.9 Å². The van der Waals surface area contributed by atoms with Gasteiger partial charge in [-0.25, -0.2) is 15.0 Å². The van der Waals surface area contributed by atoms with Crippen molar-refractivity contribution in [1.29, 1.82) is 0 Å². The van der Waals surface area contributed by atoms with Gasteiger partial charge in [-0.3, -0.25) is 23.5 Å². The molecule has 0 radical (unpaired) electrons. The van der Waals surface area contributed by atoms with Crippen LogP contribution in [0.5, 0.6) is 0 Å². The number of carbonyl (C=O) groups is 1. The minimum Gasteiger partial charge on any atom is -0.504 e. The number of hydrogen-bond donors (Lipinski definition) is 4. The zero-order chi connectivity index (χ0) is 29.3. The molecule has 0 aromatic carbocycles. The molecule has 0 spiro atoms. The first-order valence-corrected chi connectivity index (χ1v) is 13.9. The first-order valence-electron chi connectivity index (χ1n) is 12.3. The average Bonchev–Trinajstić information content (AvgIpc) is 3.68. The average molecular weight is 594 g/mol. The molecule has 1 unspecified atom stereocenters. The number of nitrogens with two attached hydrogens (primary N) is 1. The van der Waals surface area contributed by atoms with Crippen LogP contribution in [0.3, 0.4) is 0 Å². The number of nitrogens with one attached hydrogen (secondary N) is 2. The Labute approximate surface area is 241 Å². The molecular formula is C26H27N9O4S2. The zero-order valence-corrected chi connectivity index (χ0v) is 24.2. The highest BCUT2D eigenvalue weighted by Gasteiger charge is 2.21. The van der Waals surface area contributed by atoms with Crippen LogP contribution in [-0.2, 0) is 4.74 Å². The molecule has 15 heteroatoms. The molecular weight excluding hydrogens is 566 g/mol. The van der Waals surface area contributed by atoms with Crippen molar-refractivity contribution in [3.8, 4) is 0 Å². The van der Waals surface area contributed by atoms with E-state index in [1.54, 1.807) is 45.0 Å². The first-order chi connectivity index (χ1) is 19.7. The van der Waals surface area contributed by atoms with Crippen LogP contribution in [-0.4, -0.2) is 74.6 Å². The van der Waals surface area contributed by atoms with Gasteiger partial charge in [0.05, 0.1) is 55.8 Å². The minimum absolute atomic E-state index is 0.00787. The number of thiazole rings is 1. The third kappa shape index (κ3) is 5.41. The summed E-state index contributed by atoms with van der Waals surface area (Å²) in [6, 6.07) is 1.52. The predicted octanol–water partition coefficient (Wildman–Crippen LogP) is 2.99. The topological polar surface area (TPSA) is 177 Å². The van der Waals surface area contributed by atoms with Gasteiger partial charge in [0.1, 0.15) is 21.3 Å². The lowest BCUT2D eigenvalue weighted by Crippen LogP contribution is -2.24. The number of ether oxygens (including phenoxy) is 1. The van der Waals surface area contributed by atoms with Gasteiger partial charge in [0.25, 0.3) is 11.5 Å². The summed E-state index contributed by atoms with van der Waals surface area (Å²) in [6.45, 7) is 1.47. The molecule has 0 fully saturated rings. The maximum Gasteiger partial charge on any atom is 0.274 e. The van der Waals surface area contributed by atoms with Crippen LogP contribution in [0.1, 0.15) is 27.7 Å². The zero-order valence-electron chi connectivity index (χ0n) is 22.6. The summed E-state index contributed by atoms with van der Waals surface area (Å²) in [4.78, 5) is 45.9. The summed E-state index contributed by atoms with van der Waals surface area (Å²) in [7, 11) is 5.41. The van der Waals surface area contributed by atoms with E-state index in [0.717, 1.165) is 44.9 Å². The Morgan fingerprint density at radius 2 is 2.10 bits per heavy atom. The Morgan fingerprint density at radius 1 is 1.32 bits per heavy atom. The summed E-state index contributed by atoms with van der Waals surface area (Å²) in [5.74, 6) is -0.317. The van der Waals surface area contributed by atoms with E-state index in [1.165, 1.54) is 10.8 Å². The lowest BCUT2D eigenvalue weighted by molar-refractivity contribution is 0.0968. The third-order valence-electron chi connectivity index (χ3n) is 6.14. The summed E-state index contributed by atoms with van der Waals surface area (Å²) < 4.78 is 9.30. The number of hydrogen-bond acceptors (Lipinski definition) is 12. The van der Waals surface area contributed by atoms with Gasteiger partial charge in [-0.15, -0.1) is 0 Å². The van der Waals surface area contributed by atoms with Crippen molar-refractivity contribution in [3.05, 3.63) is 63.5 Å². The van der Waals surface area contributed by atoms with Crippen LogP contribution in [0.25, 0.3) is 28.0 Å². The third-order valence-corrected chi connectivity index (χ3v) is 7.84. The number of H-pyrrole nitrogens is 1. The molecule has 41 heavy (non-hydrogen) atoms. The SMILES string of the molecule is CO/C=C/c1cn(C(=O)c2cnc(Nc3s[nH]c(=O)c3C(N)=NC(C)CO)s2)c2cnc3ncc(N(C)C)cc3c12. The van der Waals surface area contributed by atoms with Crippen molar-refractivity contribution in [3.63, 3.8) is 0 Å². The van der Waals surface area contributed by atoms with Crippen molar-refractivity contribution < 1.29 is 14.6 Å². The molecule has 0 bridgehead atoms. The number of fused-ring (bicyclic) bond motifs is 3. The maximum atomic E-state index is 13.7. The van der Waals surface area contributed by atoms with E-state index in [-0.39, 0.29) is 23.9 Å². The molecule has 0 aliphatic heterocycles. The molecule has 212 valence electrons. The highest BCUT2D eigenvalue weighted by atomic mass is 32.1. The Hall–Kier alpha value is -4.60. The Bertz CT molecular complexity index is 1870. The number of aliphatic hydroxyl groups is 1. The van der Waals surface area contributed by atoms with E-state index in [9.17, 15) is 14.7 Å². The van der Waals surface area contributed by atoms with Crippen molar-refractivity contribution in [2.45, 2.75) is 13.0 Å². The summed E-state index contributed by atoms with van der Waals surface area (Å²) in [5, 5.41) is 14.7. The van der Waals surface area contributed by atoms with Crippen LogP contribution in [0, 0.1) is 0 Å². The number of rotatable bonds is 9. The van der Waals surface area contributed by atoms with Gasteiger partial charge < -0.3 is 25.8 Å². The lowest BCUT2D eigenvalue weighted by atomic mass is 10.1. The number of pyridine rings is 2. The van der Waals surface area contributed by atoms with Crippen LogP contribution < -0.4 is 21.5 Å². The number of aromatic nitrogens is 5. The lowest BCUT2D eigenvalue weighted by Gasteiger charge is -2.12. The molecule has 0 saturated heterocycles. The van der Waals surface area contributed by atoms with Crippen LogP contribution in [0.2, 0.25) is 0 Å². The smallest absolute Gasteiger partial charge is 0.274 e. The van der Waals surface area contributed by atoms with Gasteiger partial charge in [-0.05, 0) is 30.6 Å². The molecule has 0 aliphatic rings. The number of anilines is 3. The van der Waals surface area contributed by atoms with Crippen molar-refractivity contribution in [2.24, 2.45) is 10.7 Å². The fourth-order valence-corrected chi connectivity index (χ4v) is 5.68. The highest BCUT2D eigenvalue weighted by molar-refractivity contribution is 7.18. The van der Waals surface area contributed by atoms with E-state index in [0.29, 0.717) is 26.2 Å². The van der Waals surface area contributed by atoms with Crippen molar-refractivity contribution >= 4 is 78.4 Å². The maximum absolute atomic E-state index is 13.7. The Morgan fingerprint density at radius 3 is 2.83 bits per heavy atom. The molecule has 13 nitrogen and oxygen atoms in total. The molecule has 5 N–H and O–H groups in total. The number of aliphatic imine (C=N–C) groups is 1. The van der Waals surface area contributed by atoms with E-state index in [4.69, 9.17) is 10.5 Å². The van der Waals surface area contributed by atoms with Crippen molar-refractivity contribution in [1.82, 2.24) is 23.9 Å². The largest absolute Gasteiger partial charge is 0.504 e. The molecule has 5 rings (SSSR count). The van der Waals surface area contributed by atoms with Gasteiger partial charge in [0.15, 0.2) is 10.8 Å². The normalized spacial score (nSPS) is 12.9. The molecule has 0 aliphatic carbocycles. The fraction of sp³-hybridized carbons (Fsp3) is 0.231. The highest BCUT2D eigenvalue weighted by Crippen LogP contribution is 2.33. The van der Waals surface area contributed by atoms with E-state index >= 15 is 0 Å².